The van der Waals surface area contributed by atoms with E-state index >= 15 is 0 Å². The van der Waals surface area contributed by atoms with E-state index in [1.54, 1.807) is 0 Å². The smallest absolute Gasteiger partial charge is 0.304 e. The predicted molar refractivity (Wildman–Crippen MR) is 68.2 cm³/mol. The van der Waals surface area contributed by atoms with Crippen LogP contribution < -0.4 is 0 Å². The molecule has 0 saturated carbocycles. The first kappa shape index (κ1) is 15.4. The van der Waals surface area contributed by atoms with Crippen LogP contribution in [0.25, 0.3) is 0 Å². The zero-order chi connectivity index (χ0) is 14.6. The lowest BCUT2D eigenvalue weighted by Crippen LogP contribution is -2.29. The molecule has 0 bridgehead atoms. The average Bonchev–Trinajstić information content (AvgIpc) is 2.35. The van der Waals surface area contributed by atoms with E-state index in [9.17, 15) is 13.2 Å². The third-order valence-corrected chi connectivity index (χ3v) is 4.58. The van der Waals surface area contributed by atoms with Crippen LogP contribution in [0.3, 0.4) is 0 Å². The second-order valence-corrected chi connectivity index (χ2v) is 6.18. The number of carbonyl (C=O) groups is 1. The Morgan fingerprint density at radius 2 is 2.16 bits per heavy atom. The van der Waals surface area contributed by atoms with E-state index < -0.39 is 16.0 Å². The van der Waals surface area contributed by atoms with Crippen molar-refractivity contribution in [2.24, 2.45) is 0 Å². The molecule has 8 heteroatoms. The number of rotatable bonds is 5. The van der Waals surface area contributed by atoms with E-state index in [0.29, 0.717) is 0 Å². The largest absolute Gasteiger partial charge is 0.481 e. The molecule has 0 atom stereocenters. The number of carboxylic acid groups (broad SMARTS) is 1. The van der Waals surface area contributed by atoms with E-state index in [0.717, 1.165) is 4.31 Å². The summed E-state index contributed by atoms with van der Waals surface area (Å²) in [6, 6.07) is 5.57. The van der Waals surface area contributed by atoms with Crippen LogP contribution in [0.15, 0.2) is 23.1 Å². The normalized spacial score (nSPS) is 11.3. The molecular formula is C11H11ClN2O4S. The molecule has 0 aliphatic rings. The molecule has 0 aliphatic heterocycles. The zero-order valence-corrected chi connectivity index (χ0v) is 11.6. The molecule has 0 aliphatic carbocycles. The number of hydrogen-bond acceptors (Lipinski definition) is 4. The number of aliphatic carboxylic acids is 1. The van der Waals surface area contributed by atoms with Gasteiger partial charge in [0.1, 0.15) is 6.07 Å². The third kappa shape index (κ3) is 3.67. The number of benzene rings is 1. The highest BCUT2D eigenvalue weighted by atomic mass is 35.5. The van der Waals surface area contributed by atoms with Crippen molar-refractivity contribution in [3.63, 3.8) is 0 Å². The SMILES string of the molecule is CN(CCC(=O)O)S(=O)(=O)c1ccc(C#N)c(Cl)c1. The van der Waals surface area contributed by atoms with Gasteiger partial charge in [0.25, 0.3) is 0 Å². The van der Waals surface area contributed by atoms with Gasteiger partial charge in [-0.1, -0.05) is 11.6 Å². The molecule has 0 radical (unpaired) electrons. The number of nitrogens with zero attached hydrogens (tertiary/aromatic N) is 2. The first-order valence-electron chi connectivity index (χ1n) is 5.17. The summed E-state index contributed by atoms with van der Waals surface area (Å²) in [5.74, 6) is -1.08. The Bertz CT molecular complexity index is 637. The highest BCUT2D eigenvalue weighted by molar-refractivity contribution is 7.89. The molecule has 0 spiro atoms. The fourth-order valence-corrected chi connectivity index (χ4v) is 2.79. The maximum absolute atomic E-state index is 12.1. The molecule has 6 nitrogen and oxygen atoms in total. The monoisotopic (exact) mass is 302 g/mol. The maximum atomic E-state index is 12.1. The standard InChI is InChI=1S/C11H11ClN2O4S/c1-14(5-4-11(15)16)19(17,18)9-3-2-8(7-13)10(12)6-9/h2-3,6H,4-5H2,1H3,(H,15,16). The molecular weight excluding hydrogens is 292 g/mol. The molecule has 1 aromatic carbocycles. The molecule has 0 aromatic heterocycles. The van der Waals surface area contributed by atoms with E-state index in [-0.39, 0.29) is 28.4 Å². The van der Waals surface area contributed by atoms with Crippen molar-refractivity contribution in [3.8, 4) is 6.07 Å². The van der Waals surface area contributed by atoms with Crippen molar-refractivity contribution in [3.05, 3.63) is 28.8 Å². The molecule has 1 aromatic rings. The van der Waals surface area contributed by atoms with Gasteiger partial charge in [0.2, 0.25) is 10.0 Å². The van der Waals surface area contributed by atoms with Crippen molar-refractivity contribution in [2.75, 3.05) is 13.6 Å². The Labute approximate surface area is 115 Å². The van der Waals surface area contributed by atoms with Crippen LogP contribution in [0.2, 0.25) is 5.02 Å². The van der Waals surface area contributed by atoms with Crippen molar-refractivity contribution in [1.29, 1.82) is 5.26 Å². The van der Waals surface area contributed by atoms with E-state index in [1.165, 1.54) is 25.2 Å². The van der Waals surface area contributed by atoms with Gasteiger partial charge in [-0.15, -0.1) is 0 Å². The fraction of sp³-hybridized carbons (Fsp3) is 0.273. The summed E-state index contributed by atoms with van der Waals surface area (Å²) in [4.78, 5) is 10.3. The minimum Gasteiger partial charge on any atom is -0.481 e. The lowest BCUT2D eigenvalue weighted by Gasteiger charge is -2.16. The summed E-state index contributed by atoms with van der Waals surface area (Å²) in [5.41, 5.74) is 0.175. The van der Waals surface area contributed by atoms with E-state index in [4.69, 9.17) is 22.0 Å². The highest BCUT2D eigenvalue weighted by Gasteiger charge is 2.22. The van der Waals surface area contributed by atoms with Crippen LogP contribution in [0, 0.1) is 11.3 Å². The second kappa shape index (κ2) is 6.02. The summed E-state index contributed by atoms with van der Waals surface area (Å²) < 4.78 is 25.1. The summed E-state index contributed by atoms with van der Waals surface area (Å²) in [6.45, 7) is -0.144. The maximum Gasteiger partial charge on any atom is 0.304 e. The number of carboxylic acids is 1. The Morgan fingerprint density at radius 3 is 2.63 bits per heavy atom. The second-order valence-electron chi connectivity index (χ2n) is 3.72. The Kier molecular flexibility index (Phi) is 4.89. The van der Waals surface area contributed by atoms with Gasteiger partial charge < -0.3 is 5.11 Å². The quantitative estimate of drug-likeness (QED) is 0.884. The van der Waals surface area contributed by atoms with Crippen LogP contribution in [0.4, 0.5) is 0 Å². The van der Waals surface area contributed by atoms with Crippen LogP contribution >= 0.6 is 11.6 Å². The van der Waals surface area contributed by atoms with Gasteiger partial charge in [-0.05, 0) is 18.2 Å². The lowest BCUT2D eigenvalue weighted by molar-refractivity contribution is -0.137. The minimum atomic E-state index is -3.81. The Hall–Kier alpha value is -1.62. The topological polar surface area (TPSA) is 98.5 Å². The summed E-state index contributed by atoms with van der Waals surface area (Å²) in [5, 5.41) is 17.3. The molecule has 0 heterocycles. The summed E-state index contributed by atoms with van der Waals surface area (Å²) in [7, 11) is -2.52. The number of nitriles is 1. The van der Waals surface area contributed by atoms with Crippen molar-refractivity contribution >= 4 is 27.6 Å². The average molecular weight is 303 g/mol. The molecule has 0 fully saturated rings. The molecule has 1 rings (SSSR count). The van der Waals surface area contributed by atoms with Gasteiger partial charge in [-0.2, -0.15) is 5.26 Å². The van der Waals surface area contributed by atoms with E-state index in [1.807, 2.05) is 6.07 Å². The fourth-order valence-electron chi connectivity index (χ4n) is 1.30. The van der Waals surface area contributed by atoms with Gasteiger partial charge in [-0.3, -0.25) is 4.79 Å². The molecule has 0 saturated heterocycles. The molecule has 0 unspecified atom stereocenters. The van der Waals surface area contributed by atoms with Crippen LogP contribution in [0.1, 0.15) is 12.0 Å². The Morgan fingerprint density at radius 1 is 1.53 bits per heavy atom. The Balaban J connectivity index is 3.04. The third-order valence-electron chi connectivity index (χ3n) is 2.41. The van der Waals surface area contributed by atoms with Gasteiger partial charge in [0, 0.05) is 13.6 Å². The molecule has 102 valence electrons. The zero-order valence-electron chi connectivity index (χ0n) is 10.00. The number of sulfonamides is 1. The van der Waals surface area contributed by atoms with Gasteiger partial charge in [-0.25, -0.2) is 12.7 Å². The summed E-state index contributed by atoms with van der Waals surface area (Å²) in [6.07, 6.45) is -0.292. The minimum absolute atomic E-state index is 0.0372. The highest BCUT2D eigenvalue weighted by Crippen LogP contribution is 2.22. The van der Waals surface area contributed by atoms with E-state index in [2.05, 4.69) is 0 Å². The van der Waals surface area contributed by atoms with Crippen LogP contribution in [0.5, 0.6) is 0 Å². The van der Waals surface area contributed by atoms with Crippen molar-refractivity contribution < 1.29 is 18.3 Å². The lowest BCUT2D eigenvalue weighted by atomic mass is 10.2. The van der Waals surface area contributed by atoms with Gasteiger partial charge >= 0.3 is 5.97 Å². The summed E-state index contributed by atoms with van der Waals surface area (Å²) >= 11 is 5.77. The molecule has 1 N–H and O–H groups in total. The number of hydrogen-bond donors (Lipinski definition) is 1. The van der Waals surface area contributed by atoms with Crippen molar-refractivity contribution in [2.45, 2.75) is 11.3 Å². The van der Waals surface area contributed by atoms with Gasteiger partial charge in [0.15, 0.2) is 0 Å². The van der Waals surface area contributed by atoms with Gasteiger partial charge in [0.05, 0.1) is 21.9 Å². The number of halogens is 1. The van der Waals surface area contributed by atoms with Crippen LogP contribution in [-0.2, 0) is 14.8 Å². The first-order valence-corrected chi connectivity index (χ1v) is 6.98. The van der Waals surface area contributed by atoms with Crippen LogP contribution in [-0.4, -0.2) is 37.4 Å². The first-order chi connectivity index (χ1) is 8.78. The molecule has 19 heavy (non-hydrogen) atoms. The van der Waals surface area contributed by atoms with Crippen molar-refractivity contribution in [1.82, 2.24) is 4.31 Å². The predicted octanol–water partition coefficient (Wildman–Crippen LogP) is 1.31. The molecule has 0 amide bonds.